The van der Waals surface area contributed by atoms with Gasteiger partial charge in [0, 0.05) is 0 Å². The van der Waals surface area contributed by atoms with Crippen molar-refractivity contribution in [2.75, 3.05) is 12.3 Å². The molecule has 0 amide bonds. The second-order valence-electron chi connectivity index (χ2n) is 6.98. The number of aliphatic hydroxyl groups excluding tert-OH is 1. The van der Waals surface area contributed by atoms with Crippen LogP contribution in [0, 0.1) is 5.41 Å². The summed E-state index contributed by atoms with van der Waals surface area (Å²) < 4.78 is 48.0. The molecule has 1 aliphatic rings. The highest BCUT2D eigenvalue weighted by atomic mass is 31.3. The van der Waals surface area contributed by atoms with Crippen molar-refractivity contribution >= 4 is 40.4 Å². The standard InChI is InChI=1S/C14H20N5O11P3/c1-3-14(5-28-32(24,25)30-33(26,27)29-31(21,22)23)8(2)9(4-10(14)20)19-7-18-11-12(15)16-6-17-13(11)19/h3,6-7,9-10,20H,1-2,4-5H2,(H,24,25)(H,26,27)(H2,15,16,17)(H2,21,22,23)/t9-,10-,14-/m0/s1. The number of phosphoric ester groups is 1. The third kappa shape index (κ3) is 5.32. The van der Waals surface area contributed by atoms with E-state index >= 15 is 0 Å². The van der Waals surface area contributed by atoms with Crippen LogP contribution in [0.3, 0.4) is 0 Å². The molecule has 0 spiro atoms. The van der Waals surface area contributed by atoms with Crippen molar-refractivity contribution in [3.05, 3.63) is 37.5 Å². The number of fused-ring (bicyclic) bond motifs is 1. The largest absolute Gasteiger partial charge is 0.490 e. The zero-order chi connectivity index (χ0) is 24.8. The molecule has 0 radical (unpaired) electrons. The van der Waals surface area contributed by atoms with Gasteiger partial charge in [-0.1, -0.05) is 12.7 Å². The number of hydrogen-bond donors (Lipinski definition) is 6. The molecule has 3 rings (SSSR count). The van der Waals surface area contributed by atoms with Gasteiger partial charge in [0.1, 0.15) is 11.8 Å². The molecule has 2 aromatic heterocycles. The Kier molecular flexibility index (Phi) is 6.86. The van der Waals surface area contributed by atoms with Crippen LogP contribution in [0.4, 0.5) is 5.82 Å². The second-order valence-corrected chi connectivity index (χ2v) is 11.4. The van der Waals surface area contributed by atoms with Crippen molar-refractivity contribution in [1.82, 2.24) is 19.5 Å². The average molecular weight is 527 g/mol. The van der Waals surface area contributed by atoms with Crippen LogP contribution < -0.4 is 5.73 Å². The number of aromatic nitrogens is 4. The van der Waals surface area contributed by atoms with Crippen molar-refractivity contribution in [3.63, 3.8) is 0 Å². The molecule has 0 aromatic carbocycles. The minimum absolute atomic E-state index is 0.0278. The van der Waals surface area contributed by atoms with Gasteiger partial charge in [-0.2, -0.15) is 8.62 Å². The first kappa shape index (κ1) is 25.8. The van der Waals surface area contributed by atoms with E-state index in [0.717, 1.165) is 0 Å². The van der Waals surface area contributed by atoms with E-state index in [0.29, 0.717) is 11.2 Å². The molecule has 182 valence electrons. The summed E-state index contributed by atoms with van der Waals surface area (Å²) in [6.45, 7) is 6.75. The van der Waals surface area contributed by atoms with Crippen LogP contribution in [0.5, 0.6) is 0 Å². The number of rotatable bonds is 9. The van der Waals surface area contributed by atoms with Gasteiger partial charge in [0.2, 0.25) is 0 Å². The van der Waals surface area contributed by atoms with E-state index in [4.69, 9.17) is 20.0 Å². The van der Waals surface area contributed by atoms with E-state index in [1.165, 1.54) is 18.7 Å². The Balaban J connectivity index is 1.83. The van der Waals surface area contributed by atoms with E-state index in [1.54, 1.807) is 4.57 Å². The SMILES string of the molecule is C=C[C@]1(COP(=O)(O)OP(=O)(O)OP(=O)(O)O)C(=C)[C@@H](n2cnc3c(N)ncnc32)C[C@@H]1O. The summed E-state index contributed by atoms with van der Waals surface area (Å²) in [5, 5.41) is 10.7. The van der Waals surface area contributed by atoms with Crippen molar-refractivity contribution in [3.8, 4) is 0 Å². The Morgan fingerprint density at radius 1 is 1.18 bits per heavy atom. The third-order valence-corrected chi connectivity index (χ3v) is 8.79. The van der Waals surface area contributed by atoms with Gasteiger partial charge in [0.05, 0.1) is 30.5 Å². The number of nitrogens with two attached hydrogens (primary N) is 1. The quantitative estimate of drug-likeness (QED) is 0.195. The number of hydrogen-bond acceptors (Lipinski definition) is 11. The fourth-order valence-corrected chi connectivity index (χ4v) is 6.55. The molecule has 19 heteroatoms. The molecule has 33 heavy (non-hydrogen) atoms. The Bertz CT molecular complexity index is 1240. The number of phosphoric acid groups is 3. The van der Waals surface area contributed by atoms with Gasteiger partial charge in [-0.25, -0.2) is 28.6 Å². The fraction of sp³-hybridized carbons (Fsp3) is 0.357. The van der Waals surface area contributed by atoms with Gasteiger partial charge in [-0.15, -0.1) is 6.58 Å². The second kappa shape index (κ2) is 8.77. The van der Waals surface area contributed by atoms with Crippen molar-refractivity contribution in [2.24, 2.45) is 5.41 Å². The topological polar surface area (TPSA) is 250 Å². The smallest absolute Gasteiger partial charge is 0.392 e. The van der Waals surface area contributed by atoms with Gasteiger partial charge < -0.3 is 35.0 Å². The predicted molar refractivity (Wildman–Crippen MR) is 111 cm³/mol. The number of aliphatic hydroxyl groups is 1. The van der Waals surface area contributed by atoms with E-state index < -0.39 is 47.6 Å². The van der Waals surface area contributed by atoms with Crippen molar-refractivity contribution < 1.29 is 51.5 Å². The first-order valence-corrected chi connectivity index (χ1v) is 13.4. The maximum atomic E-state index is 12.1. The normalized spacial score (nSPS) is 27.4. The minimum Gasteiger partial charge on any atom is -0.392 e. The lowest BCUT2D eigenvalue weighted by atomic mass is 9.81. The van der Waals surface area contributed by atoms with Crippen molar-refractivity contribution in [1.29, 1.82) is 0 Å². The minimum atomic E-state index is -5.69. The third-order valence-electron chi connectivity index (χ3n) is 5.01. The molecule has 1 aliphatic carbocycles. The lowest BCUT2D eigenvalue weighted by molar-refractivity contribution is 0.0541. The molecular weight excluding hydrogens is 507 g/mol. The fourth-order valence-electron chi connectivity index (χ4n) is 3.47. The summed E-state index contributed by atoms with van der Waals surface area (Å²) in [5.74, 6) is 0.130. The molecular formula is C14H20N5O11P3. The van der Waals surface area contributed by atoms with Gasteiger partial charge in [-0.05, 0) is 12.0 Å². The number of imidazole rings is 1. The van der Waals surface area contributed by atoms with Crippen LogP contribution >= 0.6 is 23.5 Å². The number of nitrogen functional groups attached to an aromatic ring is 1. The molecule has 0 aliphatic heterocycles. The molecule has 1 saturated carbocycles. The van der Waals surface area contributed by atoms with Gasteiger partial charge >= 0.3 is 23.5 Å². The van der Waals surface area contributed by atoms with E-state index in [2.05, 4.69) is 36.7 Å². The van der Waals surface area contributed by atoms with Crippen LogP contribution in [0.15, 0.2) is 37.5 Å². The molecule has 2 unspecified atom stereocenters. The molecule has 7 N–H and O–H groups in total. The maximum absolute atomic E-state index is 12.1. The highest BCUT2D eigenvalue weighted by molar-refractivity contribution is 7.66. The zero-order valence-corrected chi connectivity index (χ0v) is 19.3. The summed E-state index contributed by atoms with van der Waals surface area (Å²) in [6, 6.07) is -0.637. The molecule has 16 nitrogen and oxygen atoms in total. The molecule has 0 bridgehead atoms. The first-order chi connectivity index (χ1) is 15.1. The van der Waals surface area contributed by atoms with Crippen molar-refractivity contribution in [2.45, 2.75) is 18.6 Å². The Labute approximate surface area is 185 Å². The van der Waals surface area contributed by atoms with Gasteiger partial charge in [0.15, 0.2) is 11.5 Å². The molecule has 5 atom stereocenters. The monoisotopic (exact) mass is 527 g/mol. The highest BCUT2D eigenvalue weighted by Gasteiger charge is 2.51. The summed E-state index contributed by atoms with van der Waals surface area (Å²) in [6.07, 6.45) is 2.61. The molecule has 0 saturated heterocycles. The van der Waals surface area contributed by atoms with Crippen LogP contribution in [-0.2, 0) is 26.8 Å². The molecule has 2 aromatic rings. The Morgan fingerprint density at radius 2 is 1.85 bits per heavy atom. The van der Waals surface area contributed by atoms with Gasteiger partial charge in [-0.3, -0.25) is 4.52 Å². The Hall–Kier alpha value is -1.80. The van der Waals surface area contributed by atoms with E-state index in [9.17, 15) is 28.6 Å². The lowest BCUT2D eigenvalue weighted by Crippen LogP contribution is -2.34. The average Bonchev–Trinajstić information content (AvgIpc) is 3.18. The highest BCUT2D eigenvalue weighted by Crippen LogP contribution is 2.67. The van der Waals surface area contributed by atoms with Crippen LogP contribution in [0.2, 0.25) is 0 Å². The summed E-state index contributed by atoms with van der Waals surface area (Å²) in [7, 11) is -16.7. The first-order valence-electron chi connectivity index (χ1n) is 8.83. The maximum Gasteiger partial charge on any atom is 0.490 e. The number of nitrogens with zero attached hydrogens (tertiary/aromatic N) is 4. The van der Waals surface area contributed by atoms with Crippen LogP contribution in [-0.4, -0.2) is 56.9 Å². The van der Waals surface area contributed by atoms with Crippen LogP contribution in [0.1, 0.15) is 12.5 Å². The zero-order valence-electron chi connectivity index (χ0n) is 16.6. The Morgan fingerprint density at radius 3 is 2.45 bits per heavy atom. The summed E-state index contributed by atoms with van der Waals surface area (Å²) in [4.78, 5) is 48.3. The van der Waals surface area contributed by atoms with Crippen LogP contribution in [0.25, 0.3) is 11.2 Å². The predicted octanol–water partition coefficient (Wildman–Crippen LogP) is 0.786. The lowest BCUT2D eigenvalue weighted by Gasteiger charge is -2.31. The number of anilines is 1. The molecule has 1 fully saturated rings. The van der Waals surface area contributed by atoms with E-state index in [1.807, 2.05) is 0 Å². The summed E-state index contributed by atoms with van der Waals surface area (Å²) in [5.41, 5.74) is 5.16. The summed E-state index contributed by atoms with van der Waals surface area (Å²) >= 11 is 0. The van der Waals surface area contributed by atoms with E-state index in [-0.39, 0.29) is 17.8 Å². The molecule has 2 heterocycles. The van der Waals surface area contributed by atoms with Gasteiger partial charge in [0.25, 0.3) is 0 Å².